The van der Waals surface area contributed by atoms with E-state index in [4.69, 9.17) is 5.73 Å². The number of methoxy groups -OCH3 is 1. The highest BCUT2D eigenvalue weighted by molar-refractivity contribution is 5.91. The molecule has 0 bridgehead atoms. The standard InChI is InChI=1S/C12H14N2O2/c1-7-4-3-5-8-9(6-14-11(7)8)10(13)12(15)16-2/h3-6,10,14H,13H2,1-2H3. The summed E-state index contributed by atoms with van der Waals surface area (Å²) in [6.45, 7) is 2.01. The van der Waals surface area contributed by atoms with Crippen LogP contribution < -0.4 is 5.73 Å². The molecule has 1 unspecified atom stereocenters. The van der Waals surface area contributed by atoms with Gasteiger partial charge in [0.15, 0.2) is 0 Å². The predicted octanol–water partition coefficient (Wildman–Crippen LogP) is 1.65. The molecule has 0 fully saturated rings. The second-order valence-electron chi connectivity index (χ2n) is 3.74. The number of para-hydroxylation sites is 1. The van der Waals surface area contributed by atoms with Crippen molar-refractivity contribution >= 4 is 16.9 Å². The van der Waals surface area contributed by atoms with Crippen LogP contribution in [0.4, 0.5) is 0 Å². The fourth-order valence-electron chi connectivity index (χ4n) is 1.84. The molecule has 0 aliphatic carbocycles. The average Bonchev–Trinajstić information content (AvgIpc) is 2.72. The van der Waals surface area contributed by atoms with Gasteiger partial charge in [-0.1, -0.05) is 18.2 Å². The number of hydrogen-bond donors (Lipinski definition) is 2. The summed E-state index contributed by atoms with van der Waals surface area (Å²) in [5, 5.41) is 0.970. The second-order valence-corrected chi connectivity index (χ2v) is 3.74. The van der Waals surface area contributed by atoms with Crippen molar-refractivity contribution in [1.82, 2.24) is 4.98 Å². The Morgan fingerprint density at radius 1 is 1.50 bits per heavy atom. The number of nitrogens with two attached hydrogens (primary N) is 1. The van der Waals surface area contributed by atoms with Crippen molar-refractivity contribution in [2.75, 3.05) is 7.11 Å². The highest BCUT2D eigenvalue weighted by atomic mass is 16.5. The first-order chi connectivity index (χ1) is 7.65. The van der Waals surface area contributed by atoms with Crippen molar-refractivity contribution in [3.05, 3.63) is 35.5 Å². The summed E-state index contributed by atoms with van der Waals surface area (Å²) >= 11 is 0. The van der Waals surface area contributed by atoms with E-state index >= 15 is 0 Å². The molecule has 2 rings (SSSR count). The van der Waals surface area contributed by atoms with Crippen LogP contribution in [0.2, 0.25) is 0 Å². The topological polar surface area (TPSA) is 68.1 Å². The predicted molar refractivity (Wildman–Crippen MR) is 62.0 cm³/mol. The number of carbonyl (C=O) groups is 1. The first-order valence-electron chi connectivity index (χ1n) is 5.05. The number of aromatic nitrogens is 1. The molecule has 4 heteroatoms. The average molecular weight is 218 g/mol. The fraction of sp³-hybridized carbons (Fsp3) is 0.250. The number of ether oxygens (including phenoxy) is 1. The smallest absolute Gasteiger partial charge is 0.327 e. The van der Waals surface area contributed by atoms with Gasteiger partial charge in [0, 0.05) is 22.7 Å². The summed E-state index contributed by atoms with van der Waals surface area (Å²) in [6.07, 6.45) is 1.76. The summed E-state index contributed by atoms with van der Waals surface area (Å²) in [5.41, 5.74) is 8.72. The summed E-state index contributed by atoms with van der Waals surface area (Å²) in [6, 6.07) is 5.16. The summed E-state index contributed by atoms with van der Waals surface area (Å²) < 4.78 is 4.64. The number of carbonyl (C=O) groups excluding carboxylic acids is 1. The van der Waals surface area contributed by atoms with E-state index in [2.05, 4.69) is 9.72 Å². The van der Waals surface area contributed by atoms with Crippen LogP contribution in [-0.2, 0) is 9.53 Å². The van der Waals surface area contributed by atoms with E-state index in [0.29, 0.717) is 0 Å². The molecular formula is C12H14N2O2. The molecule has 84 valence electrons. The Hall–Kier alpha value is -1.81. The van der Waals surface area contributed by atoms with Gasteiger partial charge in [0.05, 0.1) is 7.11 Å². The third-order valence-corrected chi connectivity index (χ3v) is 2.75. The summed E-state index contributed by atoms with van der Waals surface area (Å²) in [4.78, 5) is 14.5. The minimum atomic E-state index is -0.736. The first-order valence-corrected chi connectivity index (χ1v) is 5.05. The van der Waals surface area contributed by atoms with Crippen molar-refractivity contribution in [1.29, 1.82) is 0 Å². The van der Waals surface area contributed by atoms with E-state index in [-0.39, 0.29) is 0 Å². The third kappa shape index (κ3) is 1.57. The van der Waals surface area contributed by atoms with E-state index in [1.807, 2.05) is 25.1 Å². The quantitative estimate of drug-likeness (QED) is 0.753. The molecule has 1 heterocycles. The van der Waals surface area contributed by atoms with Crippen LogP contribution >= 0.6 is 0 Å². The minimum Gasteiger partial charge on any atom is -0.468 e. The number of hydrogen-bond acceptors (Lipinski definition) is 3. The second kappa shape index (κ2) is 3.98. The first kappa shape index (κ1) is 10.7. The molecule has 16 heavy (non-hydrogen) atoms. The zero-order chi connectivity index (χ0) is 11.7. The summed E-state index contributed by atoms with van der Waals surface area (Å²) in [5.74, 6) is -0.428. The number of aryl methyl sites for hydroxylation is 1. The normalized spacial score (nSPS) is 12.7. The van der Waals surface area contributed by atoms with Crippen LogP contribution in [0.15, 0.2) is 24.4 Å². The van der Waals surface area contributed by atoms with E-state index in [1.165, 1.54) is 7.11 Å². The maximum absolute atomic E-state index is 11.4. The lowest BCUT2D eigenvalue weighted by molar-refractivity contribution is -0.142. The van der Waals surface area contributed by atoms with Gasteiger partial charge in [-0.15, -0.1) is 0 Å². The van der Waals surface area contributed by atoms with Gasteiger partial charge in [-0.05, 0) is 12.5 Å². The lowest BCUT2D eigenvalue weighted by Crippen LogP contribution is -2.22. The van der Waals surface area contributed by atoms with Crippen LogP contribution in [0.25, 0.3) is 10.9 Å². The van der Waals surface area contributed by atoms with Gasteiger partial charge < -0.3 is 15.5 Å². The SMILES string of the molecule is COC(=O)C(N)c1c[nH]c2c(C)cccc12. The fourth-order valence-corrected chi connectivity index (χ4v) is 1.84. The van der Waals surface area contributed by atoms with Crippen molar-refractivity contribution in [3.8, 4) is 0 Å². The molecule has 0 radical (unpaired) electrons. The maximum atomic E-state index is 11.4. The lowest BCUT2D eigenvalue weighted by atomic mass is 10.0. The maximum Gasteiger partial charge on any atom is 0.327 e. The van der Waals surface area contributed by atoms with Gasteiger partial charge >= 0.3 is 5.97 Å². The Morgan fingerprint density at radius 2 is 2.25 bits per heavy atom. The number of aromatic amines is 1. The Balaban J connectivity index is 2.54. The van der Waals surface area contributed by atoms with E-state index in [9.17, 15) is 4.79 Å². The Bertz CT molecular complexity index is 531. The van der Waals surface area contributed by atoms with Gasteiger partial charge in [-0.3, -0.25) is 4.79 Å². The number of nitrogens with one attached hydrogen (secondary N) is 1. The van der Waals surface area contributed by atoms with Crippen molar-refractivity contribution in [3.63, 3.8) is 0 Å². The molecule has 0 aliphatic heterocycles. The Labute approximate surface area is 93.4 Å². The number of rotatable bonds is 2. The number of fused-ring (bicyclic) bond motifs is 1. The van der Waals surface area contributed by atoms with Gasteiger partial charge in [0.1, 0.15) is 6.04 Å². The molecule has 0 aliphatic rings. The largest absolute Gasteiger partial charge is 0.468 e. The lowest BCUT2D eigenvalue weighted by Gasteiger charge is -2.07. The van der Waals surface area contributed by atoms with Crippen molar-refractivity contribution in [2.24, 2.45) is 5.73 Å². The molecule has 0 saturated heterocycles. The Kier molecular flexibility index (Phi) is 2.66. The molecular weight excluding hydrogens is 204 g/mol. The van der Waals surface area contributed by atoms with Gasteiger partial charge in [0.25, 0.3) is 0 Å². The monoisotopic (exact) mass is 218 g/mol. The van der Waals surface area contributed by atoms with Crippen LogP contribution in [-0.4, -0.2) is 18.1 Å². The molecule has 2 aromatic rings. The van der Waals surface area contributed by atoms with E-state index in [1.54, 1.807) is 6.20 Å². The third-order valence-electron chi connectivity index (χ3n) is 2.75. The van der Waals surface area contributed by atoms with Gasteiger partial charge in [-0.2, -0.15) is 0 Å². The number of benzene rings is 1. The van der Waals surface area contributed by atoms with Gasteiger partial charge in [0.2, 0.25) is 0 Å². The van der Waals surface area contributed by atoms with Crippen LogP contribution in [0.5, 0.6) is 0 Å². The van der Waals surface area contributed by atoms with Crippen LogP contribution in [0.1, 0.15) is 17.2 Å². The van der Waals surface area contributed by atoms with Crippen LogP contribution in [0.3, 0.4) is 0 Å². The molecule has 1 aromatic carbocycles. The molecule has 4 nitrogen and oxygen atoms in total. The molecule has 0 spiro atoms. The summed E-state index contributed by atoms with van der Waals surface area (Å²) in [7, 11) is 1.34. The zero-order valence-corrected chi connectivity index (χ0v) is 9.28. The van der Waals surface area contributed by atoms with Crippen LogP contribution in [0, 0.1) is 6.92 Å². The zero-order valence-electron chi connectivity index (χ0n) is 9.28. The Morgan fingerprint density at radius 3 is 2.94 bits per heavy atom. The highest BCUT2D eigenvalue weighted by Crippen LogP contribution is 2.25. The molecule has 0 saturated carbocycles. The van der Waals surface area contributed by atoms with E-state index in [0.717, 1.165) is 22.0 Å². The van der Waals surface area contributed by atoms with E-state index < -0.39 is 12.0 Å². The molecule has 3 N–H and O–H groups in total. The van der Waals surface area contributed by atoms with Crippen molar-refractivity contribution < 1.29 is 9.53 Å². The molecule has 0 amide bonds. The van der Waals surface area contributed by atoms with Gasteiger partial charge in [-0.25, -0.2) is 0 Å². The highest BCUT2D eigenvalue weighted by Gasteiger charge is 2.19. The molecule has 1 aromatic heterocycles. The molecule has 1 atom stereocenters. The van der Waals surface area contributed by atoms with Crippen molar-refractivity contribution in [2.45, 2.75) is 13.0 Å². The number of esters is 1. The number of H-pyrrole nitrogens is 1. The minimum absolute atomic E-state index is 0.428.